The molecule has 2 unspecified atom stereocenters. The minimum Gasteiger partial charge on any atom is -0.377 e. The van der Waals surface area contributed by atoms with Gasteiger partial charge in [-0.3, -0.25) is 0 Å². The van der Waals surface area contributed by atoms with Crippen molar-refractivity contribution >= 4 is 20.0 Å². The number of primary sulfonamides is 1. The molecular weight excluding hydrogens is 316 g/mol. The molecule has 21 heavy (non-hydrogen) atoms. The monoisotopic (exact) mass is 334 g/mol. The van der Waals surface area contributed by atoms with Crippen LogP contribution in [0.2, 0.25) is 0 Å². The molecule has 0 saturated carbocycles. The van der Waals surface area contributed by atoms with Gasteiger partial charge in [-0.05, 0) is 31.9 Å². The number of nitrogens with one attached hydrogen (secondary N) is 1. The van der Waals surface area contributed by atoms with Crippen molar-refractivity contribution in [3.63, 3.8) is 0 Å². The summed E-state index contributed by atoms with van der Waals surface area (Å²) in [5.74, 6) is 0. The fourth-order valence-electron chi connectivity index (χ4n) is 2.29. The summed E-state index contributed by atoms with van der Waals surface area (Å²) in [6.45, 7) is 2.29. The lowest BCUT2D eigenvalue weighted by Crippen LogP contribution is -2.41. The Labute approximate surface area is 124 Å². The second-order valence-electron chi connectivity index (χ2n) is 4.95. The maximum Gasteiger partial charge on any atom is 0.242 e. The van der Waals surface area contributed by atoms with Gasteiger partial charge in [0.1, 0.15) is 9.79 Å². The van der Waals surface area contributed by atoms with Gasteiger partial charge in [-0.25, -0.2) is 26.7 Å². The molecule has 1 saturated heterocycles. The minimum atomic E-state index is -4.12. The van der Waals surface area contributed by atoms with Crippen molar-refractivity contribution in [3.8, 4) is 0 Å². The predicted molar refractivity (Wildman–Crippen MR) is 76.6 cm³/mol. The van der Waals surface area contributed by atoms with E-state index in [1.165, 1.54) is 24.3 Å². The van der Waals surface area contributed by atoms with Crippen molar-refractivity contribution < 1.29 is 21.6 Å². The SMILES string of the molecule is CC(NS(=O)(=O)c1ccccc1S(N)(=O)=O)C1CCCO1. The van der Waals surface area contributed by atoms with E-state index in [0.29, 0.717) is 6.61 Å². The van der Waals surface area contributed by atoms with E-state index in [1.807, 2.05) is 0 Å². The van der Waals surface area contributed by atoms with E-state index in [2.05, 4.69) is 4.72 Å². The minimum absolute atomic E-state index is 0.207. The summed E-state index contributed by atoms with van der Waals surface area (Å²) < 4.78 is 55.6. The molecule has 1 aliphatic heterocycles. The number of sulfonamides is 2. The van der Waals surface area contributed by atoms with Crippen LogP contribution >= 0.6 is 0 Å². The quantitative estimate of drug-likeness (QED) is 0.797. The molecular formula is C12H18N2O5S2. The molecule has 7 nitrogen and oxygen atoms in total. The standard InChI is InChI=1S/C12H18N2O5S2/c1-9(10-5-4-8-19-10)14-21(17,18)12-7-3-2-6-11(12)20(13,15)16/h2-3,6-7,9-10,14H,4-5,8H2,1H3,(H2,13,15,16). The number of rotatable bonds is 5. The van der Waals surface area contributed by atoms with E-state index in [1.54, 1.807) is 6.92 Å². The smallest absolute Gasteiger partial charge is 0.242 e. The average Bonchev–Trinajstić information content (AvgIpc) is 2.91. The number of ether oxygens (including phenoxy) is 1. The van der Waals surface area contributed by atoms with Gasteiger partial charge in [-0.1, -0.05) is 12.1 Å². The Balaban J connectivity index is 2.32. The highest BCUT2D eigenvalue weighted by molar-refractivity contribution is 7.92. The largest absolute Gasteiger partial charge is 0.377 e. The van der Waals surface area contributed by atoms with Crippen LogP contribution in [0, 0.1) is 0 Å². The predicted octanol–water partition coefficient (Wildman–Crippen LogP) is 0.180. The van der Waals surface area contributed by atoms with Gasteiger partial charge in [0.25, 0.3) is 0 Å². The Hall–Kier alpha value is -1.00. The highest BCUT2D eigenvalue weighted by Crippen LogP contribution is 2.21. The number of nitrogens with two attached hydrogens (primary N) is 1. The lowest BCUT2D eigenvalue weighted by molar-refractivity contribution is 0.0902. The number of benzene rings is 1. The lowest BCUT2D eigenvalue weighted by Gasteiger charge is -2.20. The second-order valence-corrected chi connectivity index (χ2v) is 8.17. The van der Waals surface area contributed by atoms with Gasteiger partial charge in [-0.15, -0.1) is 0 Å². The van der Waals surface area contributed by atoms with Gasteiger partial charge in [-0.2, -0.15) is 0 Å². The third-order valence-electron chi connectivity index (χ3n) is 3.31. The van der Waals surface area contributed by atoms with Crippen LogP contribution in [-0.2, 0) is 24.8 Å². The first-order valence-electron chi connectivity index (χ1n) is 6.47. The third-order valence-corrected chi connectivity index (χ3v) is 6.02. The van der Waals surface area contributed by atoms with E-state index >= 15 is 0 Å². The van der Waals surface area contributed by atoms with E-state index in [4.69, 9.17) is 9.88 Å². The van der Waals surface area contributed by atoms with Crippen molar-refractivity contribution in [2.75, 3.05) is 6.61 Å². The van der Waals surface area contributed by atoms with Crippen LogP contribution in [0.1, 0.15) is 19.8 Å². The first kappa shape index (κ1) is 16.4. The van der Waals surface area contributed by atoms with Crippen molar-refractivity contribution in [3.05, 3.63) is 24.3 Å². The molecule has 0 spiro atoms. The first-order chi connectivity index (χ1) is 9.72. The second kappa shape index (κ2) is 6.01. The molecule has 1 aromatic carbocycles. The third kappa shape index (κ3) is 3.80. The highest BCUT2D eigenvalue weighted by Gasteiger charge is 2.29. The van der Waals surface area contributed by atoms with Crippen LogP contribution in [0.5, 0.6) is 0 Å². The van der Waals surface area contributed by atoms with Crippen LogP contribution < -0.4 is 9.86 Å². The van der Waals surface area contributed by atoms with E-state index in [-0.39, 0.29) is 11.0 Å². The number of hydrogen-bond acceptors (Lipinski definition) is 5. The Morgan fingerprint density at radius 2 is 1.86 bits per heavy atom. The van der Waals surface area contributed by atoms with Gasteiger partial charge >= 0.3 is 0 Å². The fourth-order valence-corrected chi connectivity index (χ4v) is 4.94. The van der Waals surface area contributed by atoms with Crippen LogP contribution in [0.25, 0.3) is 0 Å². The lowest BCUT2D eigenvalue weighted by atomic mass is 10.1. The normalized spacial score (nSPS) is 21.3. The maximum absolute atomic E-state index is 12.4. The van der Waals surface area contributed by atoms with Crippen LogP contribution in [0.3, 0.4) is 0 Å². The van der Waals surface area contributed by atoms with Crippen LogP contribution in [-0.4, -0.2) is 35.6 Å². The summed E-state index contributed by atoms with van der Waals surface area (Å²) in [4.78, 5) is -0.769. The first-order valence-corrected chi connectivity index (χ1v) is 9.50. The van der Waals surface area contributed by atoms with E-state index in [0.717, 1.165) is 12.8 Å². The van der Waals surface area contributed by atoms with E-state index in [9.17, 15) is 16.8 Å². The average molecular weight is 334 g/mol. The molecule has 3 N–H and O–H groups in total. The molecule has 2 rings (SSSR count). The summed E-state index contributed by atoms with van der Waals surface area (Å²) in [6, 6.07) is 4.79. The molecule has 0 amide bonds. The molecule has 0 aromatic heterocycles. The molecule has 1 heterocycles. The summed E-state index contributed by atoms with van der Waals surface area (Å²) >= 11 is 0. The Bertz CT molecular complexity index is 709. The zero-order valence-electron chi connectivity index (χ0n) is 11.5. The van der Waals surface area contributed by atoms with Crippen LogP contribution in [0.4, 0.5) is 0 Å². The fraction of sp³-hybridized carbons (Fsp3) is 0.500. The molecule has 0 radical (unpaired) electrons. The van der Waals surface area contributed by atoms with Gasteiger partial charge in [0.2, 0.25) is 20.0 Å². The molecule has 118 valence electrons. The molecule has 9 heteroatoms. The van der Waals surface area contributed by atoms with Crippen molar-refractivity contribution in [1.82, 2.24) is 4.72 Å². The number of hydrogen-bond donors (Lipinski definition) is 2. The highest BCUT2D eigenvalue weighted by atomic mass is 32.2. The van der Waals surface area contributed by atoms with Crippen molar-refractivity contribution in [1.29, 1.82) is 0 Å². The molecule has 1 fully saturated rings. The Kier molecular flexibility index (Phi) is 4.69. The summed E-state index contributed by atoms with van der Waals surface area (Å²) in [5.41, 5.74) is 0. The van der Waals surface area contributed by atoms with Gasteiger partial charge in [0.05, 0.1) is 6.10 Å². The maximum atomic E-state index is 12.4. The zero-order valence-corrected chi connectivity index (χ0v) is 13.2. The molecule has 2 atom stereocenters. The van der Waals surface area contributed by atoms with Crippen LogP contribution in [0.15, 0.2) is 34.1 Å². The van der Waals surface area contributed by atoms with Gasteiger partial charge in [0.15, 0.2) is 0 Å². The molecule has 0 bridgehead atoms. The summed E-state index contributed by atoms with van der Waals surface area (Å²) in [5, 5.41) is 5.06. The van der Waals surface area contributed by atoms with Gasteiger partial charge in [0, 0.05) is 12.6 Å². The molecule has 0 aliphatic carbocycles. The van der Waals surface area contributed by atoms with Crippen molar-refractivity contribution in [2.45, 2.75) is 41.7 Å². The van der Waals surface area contributed by atoms with Crippen molar-refractivity contribution in [2.24, 2.45) is 5.14 Å². The topological polar surface area (TPSA) is 116 Å². The van der Waals surface area contributed by atoms with E-state index < -0.39 is 31.0 Å². The molecule has 1 aromatic rings. The summed E-state index contributed by atoms with van der Waals surface area (Å²) in [7, 11) is -8.12. The van der Waals surface area contributed by atoms with Gasteiger partial charge < -0.3 is 4.74 Å². The zero-order chi connectivity index (χ0) is 15.7. The Morgan fingerprint density at radius 3 is 2.38 bits per heavy atom. The molecule has 1 aliphatic rings. The summed E-state index contributed by atoms with van der Waals surface area (Å²) in [6.07, 6.45) is 1.44. The Morgan fingerprint density at radius 1 is 1.24 bits per heavy atom.